The largest absolute Gasteiger partial charge is 0.301 e. The average Bonchev–Trinajstić information content (AvgIpc) is 2.85. The SMILES string of the molecule is CC1(C)[C@@H]2CC[C@@]1(C)C/C2=N\Nc1ccc([N+](=O)[O-])cc1[N+](=O)[O-]. The fourth-order valence-corrected chi connectivity index (χ4v) is 4.12. The van der Waals surface area contributed by atoms with Gasteiger partial charge in [0.05, 0.1) is 15.9 Å². The van der Waals surface area contributed by atoms with Gasteiger partial charge in [-0.1, -0.05) is 20.8 Å². The molecule has 2 atom stereocenters. The first-order valence-corrected chi connectivity index (χ1v) is 7.91. The van der Waals surface area contributed by atoms with Crippen molar-refractivity contribution in [1.82, 2.24) is 0 Å². The van der Waals surface area contributed by atoms with Gasteiger partial charge >= 0.3 is 5.69 Å². The zero-order valence-electron chi connectivity index (χ0n) is 13.9. The predicted octanol–water partition coefficient (Wildman–Crippen LogP) is 4.12. The van der Waals surface area contributed by atoms with Crippen LogP contribution in [-0.4, -0.2) is 15.6 Å². The minimum absolute atomic E-state index is 0.162. The van der Waals surface area contributed by atoms with E-state index in [0.717, 1.165) is 24.6 Å². The zero-order chi connectivity index (χ0) is 17.7. The number of fused-ring (bicyclic) bond motifs is 2. The molecule has 8 heteroatoms. The maximum absolute atomic E-state index is 11.2. The molecule has 1 aromatic rings. The molecule has 0 saturated heterocycles. The van der Waals surface area contributed by atoms with E-state index in [1.165, 1.54) is 18.6 Å². The lowest BCUT2D eigenvalue weighted by atomic mass is 9.71. The van der Waals surface area contributed by atoms with Crippen LogP contribution in [0, 0.1) is 37.0 Å². The number of hydrogen-bond acceptors (Lipinski definition) is 6. The molecule has 128 valence electrons. The van der Waals surface area contributed by atoms with E-state index < -0.39 is 9.85 Å². The molecule has 0 amide bonds. The molecule has 2 aliphatic carbocycles. The van der Waals surface area contributed by atoms with E-state index >= 15 is 0 Å². The summed E-state index contributed by atoms with van der Waals surface area (Å²) in [6.07, 6.45) is 3.12. The normalized spacial score (nSPS) is 29.0. The van der Waals surface area contributed by atoms with Crippen LogP contribution < -0.4 is 5.43 Å². The summed E-state index contributed by atoms with van der Waals surface area (Å²) in [5.74, 6) is 0.368. The van der Waals surface area contributed by atoms with Gasteiger partial charge in [-0.05, 0) is 36.2 Å². The van der Waals surface area contributed by atoms with E-state index in [2.05, 4.69) is 31.3 Å². The van der Waals surface area contributed by atoms with Gasteiger partial charge in [-0.3, -0.25) is 25.7 Å². The van der Waals surface area contributed by atoms with Crippen LogP contribution in [0.2, 0.25) is 0 Å². The van der Waals surface area contributed by atoms with Crippen molar-refractivity contribution in [1.29, 1.82) is 0 Å². The Morgan fingerprint density at radius 2 is 1.92 bits per heavy atom. The summed E-state index contributed by atoms with van der Waals surface area (Å²) in [6.45, 7) is 6.77. The summed E-state index contributed by atoms with van der Waals surface area (Å²) in [5.41, 5.74) is 3.68. The van der Waals surface area contributed by atoms with Gasteiger partial charge in [0.25, 0.3) is 5.69 Å². The Kier molecular flexibility index (Phi) is 3.58. The van der Waals surface area contributed by atoms with Crippen molar-refractivity contribution in [2.24, 2.45) is 21.8 Å². The molecule has 2 fully saturated rings. The lowest BCUT2D eigenvalue weighted by Gasteiger charge is -2.33. The molecule has 2 aliphatic rings. The summed E-state index contributed by atoms with van der Waals surface area (Å²) >= 11 is 0. The van der Waals surface area contributed by atoms with E-state index in [-0.39, 0.29) is 27.9 Å². The van der Waals surface area contributed by atoms with Gasteiger partial charge in [0.15, 0.2) is 0 Å². The van der Waals surface area contributed by atoms with Gasteiger partial charge < -0.3 is 0 Å². The lowest BCUT2D eigenvalue weighted by Crippen LogP contribution is -2.26. The van der Waals surface area contributed by atoms with Gasteiger partial charge in [0.1, 0.15) is 5.69 Å². The van der Waals surface area contributed by atoms with Crippen LogP contribution in [0.25, 0.3) is 0 Å². The highest BCUT2D eigenvalue weighted by Crippen LogP contribution is 2.64. The Morgan fingerprint density at radius 1 is 1.21 bits per heavy atom. The fraction of sp³-hybridized carbons (Fsp3) is 0.562. The number of nitro groups is 2. The second-order valence-electron chi connectivity index (χ2n) is 7.48. The lowest BCUT2D eigenvalue weighted by molar-refractivity contribution is -0.393. The molecular weight excluding hydrogens is 312 g/mol. The smallest absolute Gasteiger partial charge is 0.272 e. The van der Waals surface area contributed by atoms with Gasteiger partial charge in [0.2, 0.25) is 0 Å². The van der Waals surface area contributed by atoms with Crippen LogP contribution in [0.15, 0.2) is 23.3 Å². The number of nitrogens with one attached hydrogen (secondary N) is 1. The van der Waals surface area contributed by atoms with E-state index in [9.17, 15) is 20.2 Å². The van der Waals surface area contributed by atoms with Crippen LogP contribution in [-0.2, 0) is 0 Å². The maximum Gasteiger partial charge on any atom is 0.301 e. The van der Waals surface area contributed by atoms with Crippen LogP contribution in [0.1, 0.15) is 40.0 Å². The van der Waals surface area contributed by atoms with Crippen molar-refractivity contribution in [3.63, 3.8) is 0 Å². The van der Waals surface area contributed by atoms with Crippen molar-refractivity contribution >= 4 is 22.8 Å². The van der Waals surface area contributed by atoms with Crippen molar-refractivity contribution in [3.05, 3.63) is 38.4 Å². The average molecular weight is 332 g/mol. The van der Waals surface area contributed by atoms with Crippen molar-refractivity contribution < 1.29 is 9.85 Å². The Hall–Kier alpha value is -2.51. The number of rotatable bonds is 4. The highest BCUT2D eigenvalue weighted by molar-refractivity contribution is 5.92. The molecule has 2 saturated carbocycles. The maximum atomic E-state index is 11.2. The minimum atomic E-state index is -0.651. The molecule has 3 rings (SSSR count). The van der Waals surface area contributed by atoms with Crippen LogP contribution >= 0.6 is 0 Å². The highest BCUT2D eigenvalue weighted by Gasteiger charge is 2.59. The Balaban J connectivity index is 1.88. The van der Waals surface area contributed by atoms with Crippen molar-refractivity contribution in [3.8, 4) is 0 Å². The molecule has 24 heavy (non-hydrogen) atoms. The summed E-state index contributed by atoms with van der Waals surface area (Å²) in [6, 6.07) is 3.52. The second kappa shape index (κ2) is 5.25. The first kappa shape index (κ1) is 16.4. The van der Waals surface area contributed by atoms with E-state index in [4.69, 9.17) is 0 Å². The third kappa shape index (κ3) is 2.33. The van der Waals surface area contributed by atoms with Crippen LogP contribution in [0.4, 0.5) is 17.1 Å². The van der Waals surface area contributed by atoms with Gasteiger partial charge in [0, 0.05) is 17.7 Å². The Labute approximate surface area is 139 Å². The molecule has 8 nitrogen and oxygen atoms in total. The zero-order valence-corrected chi connectivity index (χ0v) is 13.9. The second-order valence-corrected chi connectivity index (χ2v) is 7.48. The van der Waals surface area contributed by atoms with Gasteiger partial charge in [-0.2, -0.15) is 5.10 Å². The number of hydrogen-bond donors (Lipinski definition) is 1. The summed E-state index contributed by atoms with van der Waals surface area (Å²) in [4.78, 5) is 20.7. The summed E-state index contributed by atoms with van der Waals surface area (Å²) < 4.78 is 0. The first-order chi connectivity index (χ1) is 11.2. The van der Waals surface area contributed by atoms with Crippen LogP contribution in [0.5, 0.6) is 0 Å². The van der Waals surface area contributed by atoms with E-state index in [1.807, 2.05) is 0 Å². The summed E-state index contributed by atoms with van der Waals surface area (Å²) in [5, 5.41) is 26.4. The van der Waals surface area contributed by atoms with Crippen molar-refractivity contribution in [2.75, 3.05) is 5.43 Å². The molecule has 0 heterocycles. The standard InChI is InChI=1S/C16H20N4O4/c1-15(2)11-6-7-16(15,3)9-13(11)18-17-12-5-4-10(19(21)22)8-14(12)20(23)24/h4-5,8,11,17H,6-7,9H2,1-3H3/b18-13+/t11-,16+/m1/s1. The molecule has 2 bridgehead atoms. The minimum Gasteiger partial charge on any atom is -0.272 e. The number of nitro benzene ring substituents is 2. The van der Waals surface area contributed by atoms with Crippen LogP contribution in [0.3, 0.4) is 0 Å². The molecule has 0 spiro atoms. The fourth-order valence-electron chi connectivity index (χ4n) is 4.12. The molecule has 1 N–H and O–H groups in total. The highest BCUT2D eigenvalue weighted by atomic mass is 16.6. The molecule has 0 aliphatic heterocycles. The predicted molar refractivity (Wildman–Crippen MR) is 90.0 cm³/mol. The van der Waals surface area contributed by atoms with E-state index in [0.29, 0.717) is 5.92 Å². The van der Waals surface area contributed by atoms with Gasteiger partial charge in [-0.15, -0.1) is 0 Å². The molecule has 0 aromatic heterocycles. The number of nitrogens with zero attached hydrogens (tertiary/aromatic N) is 3. The molecule has 0 radical (unpaired) electrons. The molecule has 0 unspecified atom stereocenters. The van der Waals surface area contributed by atoms with E-state index in [1.54, 1.807) is 0 Å². The Bertz CT molecular complexity index is 756. The summed E-state index contributed by atoms with van der Waals surface area (Å²) in [7, 11) is 0. The number of hydrazone groups is 1. The third-order valence-corrected chi connectivity index (χ3v) is 6.09. The van der Waals surface area contributed by atoms with Crippen molar-refractivity contribution in [2.45, 2.75) is 40.0 Å². The van der Waals surface area contributed by atoms with Gasteiger partial charge in [-0.25, -0.2) is 0 Å². The molecular formula is C16H20N4O4. The number of anilines is 1. The number of benzene rings is 1. The quantitative estimate of drug-likeness (QED) is 0.658. The Morgan fingerprint density at radius 3 is 2.42 bits per heavy atom. The first-order valence-electron chi connectivity index (χ1n) is 7.91. The topological polar surface area (TPSA) is 111 Å². The number of non-ortho nitro benzene ring substituents is 1. The monoisotopic (exact) mass is 332 g/mol. The molecule has 1 aromatic carbocycles. The third-order valence-electron chi connectivity index (χ3n) is 6.09.